The fraction of sp³-hybridized carbons (Fsp3) is 0.467. The molecule has 0 aromatic heterocycles. The summed E-state index contributed by atoms with van der Waals surface area (Å²) in [4.78, 5) is 23.2. The highest BCUT2D eigenvalue weighted by Gasteiger charge is 2.10. The van der Waals surface area contributed by atoms with E-state index in [0.717, 1.165) is 0 Å². The number of methoxy groups -OCH3 is 1. The Bertz CT molecular complexity index is 478. The minimum absolute atomic E-state index is 0.00885. The number of amides is 1. The van der Waals surface area contributed by atoms with Gasteiger partial charge in [-0.25, -0.2) is 4.79 Å². The Morgan fingerprint density at radius 1 is 1.25 bits per heavy atom. The van der Waals surface area contributed by atoms with Crippen LogP contribution in [-0.4, -0.2) is 31.1 Å². The lowest BCUT2D eigenvalue weighted by Gasteiger charge is -2.20. The van der Waals surface area contributed by atoms with Crippen molar-refractivity contribution in [1.82, 2.24) is 5.32 Å². The summed E-state index contributed by atoms with van der Waals surface area (Å²) in [5.41, 5.74) is 0.997. The molecule has 0 heterocycles. The van der Waals surface area contributed by atoms with Gasteiger partial charge in [0.25, 0.3) is 0 Å². The smallest absolute Gasteiger partial charge is 0.337 e. The van der Waals surface area contributed by atoms with Crippen molar-refractivity contribution >= 4 is 17.6 Å². The van der Waals surface area contributed by atoms with Gasteiger partial charge < -0.3 is 15.4 Å². The zero-order chi connectivity index (χ0) is 15.2. The van der Waals surface area contributed by atoms with E-state index in [9.17, 15) is 9.59 Å². The molecule has 0 aliphatic carbocycles. The van der Waals surface area contributed by atoms with Crippen molar-refractivity contribution in [3.05, 3.63) is 29.8 Å². The molecule has 0 fully saturated rings. The second kappa shape index (κ2) is 7.05. The van der Waals surface area contributed by atoms with Crippen molar-refractivity contribution in [2.75, 3.05) is 19.0 Å². The maximum absolute atomic E-state index is 11.8. The monoisotopic (exact) mass is 278 g/mol. The second-order valence-electron chi connectivity index (χ2n) is 5.55. The Kier molecular flexibility index (Phi) is 5.70. The molecule has 1 aromatic carbocycles. The maximum Gasteiger partial charge on any atom is 0.337 e. The van der Waals surface area contributed by atoms with Gasteiger partial charge in [-0.1, -0.05) is 6.07 Å². The molecule has 110 valence electrons. The van der Waals surface area contributed by atoms with E-state index in [0.29, 0.717) is 24.2 Å². The average Bonchev–Trinajstić information content (AvgIpc) is 2.36. The summed E-state index contributed by atoms with van der Waals surface area (Å²) in [5.74, 6) is -0.515. The third kappa shape index (κ3) is 5.84. The predicted octanol–water partition coefficient (Wildman–Crippen LogP) is 2.19. The first-order chi connectivity index (χ1) is 9.31. The average molecular weight is 278 g/mol. The summed E-state index contributed by atoms with van der Waals surface area (Å²) in [6.45, 7) is 6.74. The van der Waals surface area contributed by atoms with Gasteiger partial charge in [-0.15, -0.1) is 0 Å². The number of hydrogen-bond donors (Lipinski definition) is 2. The number of rotatable bonds is 5. The van der Waals surface area contributed by atoms with Gasteiger partial charge in [0.15, 0.2) is 0 Å². The highest BCUT2D eigenvalue weighted by atomic mass is 16.5. The van der Waals surface area contributed by atoms with Gasteiger partial charge in [0.1, 0.15) is 0 Å². The van der Waals surface area contributed by atoms with E-state index >= 15 is 0 Å². The number of benzene rings is 1. The van der Waals surface area contributed by atoms with Gasteiger partial charge in [0.05, 0.1) is 12.7 Å². The first-order valence-electron chi connectivity index (χ1n) is 6.55. The molecule has 0 unspecified atom stereocenters. The van der Waals surface area contributed by atoms with E-state index in [1.165, 1.54) is 7.11 Å². The predicted molar refractivity (Wildman–Crippen MR) is 78.8 cm³/mol. The summed E-state index contributed by atoms with van der Waals surface area (Å²) in [7, 11) is 1.33. The molecule has 1 amide bonds. The zero-order valence-corrected chi connectivity index (χ0v) is 12.4. The Morgan fingerprint density at radius 2 is 1.95 bits per heavy atom. The quantitative estimate of drug-likeness (QED) is 0.810. The van der Waals surface area contributed by atoms with Gasteiger partial charge in [-0.3, -0.25) is 4.79 Å². The highest BCUT2D eigenvalue weighted by Crippen LogP contribution is 2.11. The van der Waals surface area contributed by atoms with Crippen LogP contribution in [0.3, 0.4) is 0 Å². The first kappa shape index (κ1) is 16.2. The van der Waals surface area contributed by atoms with E-state index < -0.39 is 5.97 Å². The summed E-state index contributed by atoms with van der Waals surface area (Å²) in [6.07, 6.45) is 0.375. The molecule has 5 heteroatoms. The largest absolute Gasteiger partial charge is 0.465 e. The number of nitrogens with one attached hydrogen (secondary N) is 2. The molecule has 5 nitrogen and oxygen atoms in total. The Balaban J connectivity index is 2.52. The molecule has 0 aliphatic rings. The van der Waals surface area contributed by atoms with Gasteiger partial charge in [0.2, 0.25) is 5.91 Å². The number of hydrogen-bond acceptors (Lipinski definition) is 4. The van der Waals surface area contributed by atoms with Crippen molar-refractivity contribution in [3.8, 4) is 0 Å². The number of ether oxygens (including phenoxy) is 1. The van der Waals surface area contributed by atoms with Crippen LogP contribution in [0.4, 0.5) is 5.69 Å². The summed E-state index contributed by atoms with van der Waals surface area (Å²) < 4.78 is 4.64. The van der Waals surface area contributed by atoms with Crippen LogP contribution in [0.15, 0.2) is 24.3 Å². The molecular weight excluding hydrogens is 256 g/mol. The van der Waals surface area contributed by atoms with Gasteiger partial charge >= 0.3 is 5.97 Å². The number of anilines is 1. The Morgan fingerprint density at radius 3 is 2.55 bits per heavy atom. The van der Waals surface area contributed by atoms with Crippen LogP contribution in [0, 0.1) is 0 Å². The SMILES string of the molecule is COC(=O)c1cccc(NC(=O)CCNC(C)(C)C)c1. The molecule has 0 radical (unpaired) electrons. The zero-order valence-electron chi connectivity index (χ0n) is 12.4. The van der Waals surface area contributed by atoms with Gasteiger partial charge in [0, 0.05) is 24.2 Å². The van der Waals surface area contributed by atoms with Crippen LogP contribution in [-0.2, 0) is 9.53 Å². The first-order valence-corrected chi connectivity index (χ1v) is 6.55. The van der Waals surface area contributed by atoms with Gasteiger partial charge in [-0.2, -0.15) is 0 Å². The molecule has 20 heavy (non-hydrogen) atoms. The van der Waals surface area contributed by atoms with Crippen molar-refractivity contribution in [3.63, 3.8) is 0 Å². The highest BCUT2D eigenvalue weighted by molar-refractivity contribution is 5.94. The van der Waals surface area contributed by atoms with Crippen LogP contribution in [0.1, 0.15) is 37.6 Å². The molecule has 0 spiro atoms. The summed E-state index contributed by atoms with van der Waals surface area (Å²) >= 11 is 0. The standard InChI is InChI=1S/C15H22N2O3/c1-15(2,3)16-9-8-13(18)17-12-7-5-6-11(10-12)14(19)20-4/h5-7,10,16H,8-9H2,1-4H3,(H,17,18). The molecule has 0 saturated carbocycles. The van der Waals surface area contributed by atoms with Crippen LogP contribution < -0.4 is 10.6 Å². The lowest BCUT2D eigenvalue weighted by atomic mass is 10.1. The van der Waals surface area contributed by atoms with E-state index in [2.05, 4.69) is 15.4 Å². The minimum Gasteiger partial charge on any atom is -0.465 e. The van der Waals surface area contributed by atoms with Crippen LogP contribution in [0.5, 0.6) is 0 Å². The normalized spacial score (nSPS) is 11.0. The lowest BCUT2D eigenvalue weighted by molar-refractivity contribution is -0.116. The van der Waals surface area contributed by atoms with Crippen molar-refractivity contribution in [2.24, 2.45) is 0 Å². The minimum atomic E-state index is -0.421. The Hall–Kier alpha value is -1.88. The molecule has 0 aliphatic heterocycles. The number of carbonyl (C=O) groups is 2. The third-order valence-electron chi connectivity index (χ3n) is 2.57. The lowest BCUT2D eigenvalue weighted by Crippen LogP contribution is -2.37. The summed E-state index contributed by atoms with van der Waals surface area (Å²) in [6, 6.07) is 6.68. The Labute approximate surface area is 119 Å². The van der Waals surface area contributed by atoms with E-state index in [4.69, 9.17) is 0 Å². The molecular formula is C15H22N2O3. The van der Waals surface area contributed by atoms with E-state index in [-0.39, 0.29) is 11.4 Å². The second-order valence-corrected chi connectivity index (χ2v) is 5.55. The molecule has 0 saturated heterocycles. The molecule has 1 aromatic rings. The van der Waals surface area contributed by atoms with Crippen molar-refractivity contribution < 1.29 is 14.3 Å². The van der Waals surface area contributed by atoms with Crippen molar-refractivity contribution in [2.45, 2.75) is 32.7 Å². The van der Waals surface area contributed by atoms with Crippen LogP contribution >= 0.6 is 0 Å². The number of esters is 1. The topological polar surface area (TPSA) is 67.4 Å². The summed E-state index contributed by atoms with van der Waals surface area (Å²) in [5, 5.41) is 6.00. The van der Waals surface area contributed by atoms with E-state index in [1.807, 2.05) is 20.8 Å². The van der Waals surface area contributed by atoms with Crippen LogP contribution in [0.25, 0.3) is 0 Å². The fourth-order valence-electron chi connectivity index (χ4n) is 1.62. The van der Waals surface area contributed by atoms with Gasteiger partial charge in [-0.05, 0) is 39.0 Å². The molecule has 0 atom stereocenters. The molecule has 0 bridgehead atoms. The molecule has 1 rings (SSSR count). The fourth-order valence-corrected chi connectivity index (χ4v) is 1.62. The van der Waals surface area contributed by atoms with Crippen LogP contribution in [0.2, 0.25) is 0 Å². The number of carbonyl (C=O) groups excluding carboxylic acids is 2. The molecule has 2 N–H and O–H groups in total. The third-order valence-corrected chi connectivity index (χ3v) is 2.57. The van der Waals surface area contributed by atoms with E-state index in [1.54, 1.807) is 24.3 Å². The maximum atomic E-state index is 11.8. The van der Waals surface area contributed by atoms with Crippen molar-refractivity contribution in [1.29, 1.82) is 0 Å².